The van der Waals surface area contributed by atoms with Crippen molar-refractivity contribution in [2.75, 3.05) is 11.4 Å². The van der Waals surface area contributed by atoms with Crippen molar-refractivity contribution in [1.29, 1.82) is 0 Å². The molecule has 0 radical (unpaired) electrons. The van der Waals surface area contributed by atoms with Crippen molar-refractivity contribution in [1.82, 2.24) is 15.0 Å². The maximum absolute atomic E-state index is 4.55. The van der Waals surface area contributed by atoms with Crippen molar-refractivity contribution < 1.29 is 0 Å². The third-order valence-electron chi connectivity index (χ3n) is 5.39. The number of rotatable bonds is 3. The van der Waals surface area contributed by atoms with Gasteiger partial charge in [-0.3, -0.25) is 0 Å². The Hall–Kier alpha value is -2.66. The summed E-state index contributed by atoms with van der Waals surface area (Å²) in [6, 6.07) is 13.2. The average molecular weight is 375 g/mol. The average Bonchev–Trinajstić information content (AvgIpc) is 3.32. The quantitative estimate of drug-likeness (QED) is 0.546. The third-order valence-corrected chi connectivity index (χ3v) is 6.67. The number of nitrogens with zero attached hydrogens (tertiary/aromatic N) is 3. The standard InChI is InChI=1S/C22H22N4S/c1-3-15-6-8-19(27-15)21-20-16(17-13-14(2)5-7-18(17)25-20)9-12-26(21)22-23-10-4-11-24-22/h4-8,10-11,13,21,25H,3,9,12H2,1-2H3. The molecule has 1 aliphatic rings. The number of aryl methyl sites for hydroxylation is 2. The molecule has 1 aliphatic heterocycles. The summed E-state index contributed by atoms with van der Waals surface area (Å²) in [5.41, 5.74) is 5.26. The van der Waals surface area contributed by atoms with Gasteiger partial charge in [0.05, 0.1) is 0 Å². The fraction of sp³-hybridized carbons (Fsp3) is 0.273. The zero-order chi connectivity index (χ0) is 18.4. The van der Waals surface area contributed by atoms with E-state index in [4.69, 9.17) is 0 Å². The number of thiophene rings is 1. The van der Waals surface area contributed by atoms with Crippen LogP contribution in [0, 0.1) is 6.92 Å². The van der Waals surface area contributed by atoms with Crippen LogP contribution >= 0.6 is 11.3 Å². The topological polar surface area (TPSA) is 44.8 Å². The number of benzene rings is 1. The van der Waals surface area contributed by atoms with Crippen LogP contribution in [-0.2, 0) is 12.8 Å². The van der Waals surface area contributed by atoms with E-state index in [1.54, 1.807) is 0 Å². The van der Waals surface area contributed by atoms with Gasteiger partial charge < -0.3 is 9.88 Å². The molecule has 3 aromatic heterocycles. The summed E-state index contributed by atoms with van der Waals surface area (Å²) >= 11 is 1.90. The van der Waals surface area contributed by atoms with E-state index in [1.807, 2.05) is 29.8 Å². The summed E-state index contributed by atoms with van der Waals surface area (Å²) in [7, 11) is 0. The van der Waals surface area contributed by atoms with Crippen molar-refractivity contribution in [2.45, 2.75) is 32.7 Å². The zero-order valence-electron chi connectivity index (χ0n) is 15.6. The van der Waals surface area contributed by atoms with Crippen LogP contribution in [-0.4, -0.2) is 21.5 Å². The zero-order valence-corrected chi connectivity index (χ0v) is 16.4. The van der Waals surface area contributed by atoms with Crippen molar-refractivity contribution in [2.24, 2.45) is 0 Å². The highest BCUT2D eigenvalue weighted by molar-refractivity contribution is 7.12. The van der Waals surface area contributed by atoms with E-state index in [0.717, 1.165) is 25.3 Å². The molecule has 0 aliphatic carbocycles. The minimum atomic E-state index is 0.133. The van der Waals surface area contributed by atoms with Crippen LogP contribution in [0.4, 0.5) is 5.95 Å². The lowest BCUT2D eigenvalue weighted by Crippen LogP contribution is -2.36. The first kappa shape index (κ1) is 16.5. The number of nitrogens with one attached hydrogen (secondary N) is 1. The molecule has 5 heteroatoms. The smallest absolute Gasteiger partial charge is 0.226 e. The minimum absolute atomic E-state index is 0.133. The Morgan fingerprint density at radius 1 is 1.19 bits per heavy atom. The molecular formula is C22H22N4S. The Bertz CT molecular complexity index is 1100. The molecule has 1 aromatic carbocycles. The van der Waals surface area contributed by atoms with Gasteiger partial charge in [-0.1, -0.05) is 18.6 Å². The highest BCUT2D eigenvalue weighted by Gasteiger charge is 2.34. The fourth-order valence-corrected chi connectivity index (χ4v) is 5.16. The van der Waals surface area contributed by atoms with Gasteiger partial charge in [0.2, 0.25) is 5.95 Å². The SMILES string of the molecule is CCc1ccc(C2c3[nH]c4ccc(C)cc4c3CCN2c2ncccn2)s1. The maximum atomic E-state index is 4.55. The number of hydrogen-bond acceptors (Lipinski definition) is 4. The molecule has 0 saturated heterocycles. The van der Waals surface area contributed by atoms with Crippen LogP contribution in [0.1, 0.15) is 39.5 Å². The largest absolute Gasteiger partial charge is 0.356 e. The lowest BCUT2D eigenvalue weighted by Gasteiger charge is -2.35. The molecule has 0 spiro atoms. The lowest BCUT2D eigenvalue weighted by molar-refractivity contribution is 0.633. The lowest BCUT2D eigenvalue weighted by atomic mass is 9.96. The number of H-pyrrole nitrogens is 1. The first-order valence-corrected chi connectivity index (χ1v) is 10.3. The third kappa shape index (κ3) is 2.73. The van der Waals surface area contributed by atoms with Gasteiger partial charge in [0.15, 0.2) is 0 Å². The molecule has 0 bridgehead atoms. The van der Waals surface area contributed by atoms with Gasteiger partial charge in [-0.2, -0.15) is 0 Å². The van der Waals surface area contributed by atoms with E-state index in [-0.39, 0.29) is 6.04 Å². The summed E-state index contributed by atoms with van der Waals surface area (Å²) in [5, 5.41) is 1.36. The van der Waals surface area contributed by atoms with E-state index in [9.17, 15) is 0 Å². The van der Waals surface area contributed by atoms with Crippen LogP contribution in [0.25, 0.3) is 10.9 Å². The van der Waals surface area contributed by atoms with Crippen molar-refractivity contribution in [3.63, 3.8) is 0 Å². The summed E-state index contributed by atoms with van der Waals surface area (Å²) in [5.74, 6) is 0.800. The Labute approximate surface area is 162 Å². The fourth-order valence-electron chi connectivity index (χ4n) is 4.08. The van der Waals surface area contributed by atoms with Crippen LogP contribution in [0.3, 0.4) is 0 Å². The Kier molecular flexibility index (Phi) is 3.97. The molecule has 0 amide bonds. The monoisotopic (exact) mass is 374 g/mol. The molecule has 4 nitrogen and oxygen atoms in total. The van der Waals surface area contributed by atoms with Crippen LogP contribution in [0.5, 0.6) is 0 Å². The molecule has 1 unspecified atom stereocenters. The number of aromatic amines is 1. The van der Waals surface area contributed by atoms with E-state index in [1.165, 1.54) is 37.5 Å². The number of fused-ring (bicyclic) bond motifs is 3. The molecule has 1 atom stereocenters. The summed E-state index contributed by atoms with van der Waals surface area (Å²) in [6.07, 6.45) is 5.72. The molecule has 5 rings (SSSR count). The van der Waals surface area contributed by atoms with Crippen molar-refractivity contribution in [3.05, 3.63) is 75.4 Å². The first-order valence-electron chi connectivity index (χ1n) is 9.48. The van der Waals surface area contributed by atoms with E-state index >= 15 is 0 Å². The Morgan fingerprint density at radius 3 is 2.81 bits per heavy atom. The van der Waals surface area contributed by atoms with Gasteiger partial charge in [-0.25, -0.2) is 9.97 Å². The molecule has 1 N–H and O–H groups in total. The van der Waals surface area contributed by atoms with Gasteiger partial charge in [0.1, 0.15) is 6.04 Å². The van der Waals surface area contributed by atoms with E-state index in [2.05, 4.69) is 64.0 Å². The molecule has 136 valence electrons. The van der Waals surface area contributed by atoms with Gasteiger partial charge in [-0.15, -0.1) is 11.3 Å². The predicted molar refractivity (Wildman–Crippen MR) is 112 cm³/mol. The second-order valence-electron chi connectivity index (χ2n) is 7.12. The summed E-state index contributed by atoms with van der Waals surface area (Å²) in [6.45, 7) is 5.30. The van der Waals surface area contributed by atoms with Crippen molar-refractivity contribution in [3.8, 4) is 0 Å². The number of aromatic nitrogens is 3. The number of hydrogen-bond donors (Lipinski definition) is 1. The van der Waals surface area contributed by atoms with E-state index in [0.29, 0.717) is 0 Å². The second-order valence-corrected chi connectivity index (χ2v) is 8.32. The molecule has 27 heavy (non-hydrogen) atoms. The van der Waals surface area contributed by atoms with Crippen molar-refractivity contribution >= 4 is 28.2 Å². The second kappa shape index (κ2) is 6.50. The first-order chi connectivity index (χ1) is 13.2. The molecule has 0 fully saturated rings. The Morgan fingerprint density at radius 2 is 2.04 bits per heavy atom. The summed E-state index contributed by atoms with van der Waals surface area (Å²) < 4.78 is 0. The highest BCUT2D eigenvalue weighted by Crippen LogP contribution is 2.42. The van der Waals surface area contributed by atoms with Crippen LogP contribution < -0.4 is 4.90 Å². The van der Waals surface area contributed by atoms with Crippen LogP contribution in [0.2, 0.25) is 0 Å². The minimum Gasteiger partial charge on any atom is -0.356 e. The van der Waals surface area contributed by atoms with Gasteiger partial charge in [0.25, 0.3) is 0 Å². The molecule has 4 heterocycles. The maximum Gasteiger partial charge on any atom is 0.226 e. The highest BCUT2D eigenvalue weighted by atomic mass is 32.1. The molecular weight excluding hydrogens is 352 g/mol. The Balaban J connectivity index is 1.71. The predicted octanol–water partition coefficient (Wildman–Crippen LogP) is 5.04. The van der Waals surface area contributed by atoms with Gasteiger partial charge >= 0.3 is 0 Å². The summed E-state index contributed by atoms with van der Waals surface area (Å²) in [4.78, 5) is 17.9. The number of anilines is 1. The van der Waals surface area contributed by atoms with Gasteiger partial charge in [0, 0.05) is 45.3 Å². The van der Waals surface area contributed by atoms with Gasteiger partial charge in [-0.05, 0) is 55.7 Å². The molecule has 4 aromatic rings. The molecule has 0 saturated carbocycles. The normalized spacial score (nSPS) is 16.7. The van der Waals surface area contributed by atoms with E-state index < -0.39 is 0 Å². The van der Waals surface area contributed by atoms with Crippen LogP contribution in [0.15, 0.2) is 48.8 Å².